The van der Waals surface area contributed by atoms with Crippen LogP contribution in [-0.2, 0) is 0 Å². The molecular weight excluding hydrogens is 346 g/mol. The molecule has 0 radical (unpaired) electrons. The molecule has 1 nitrogen and oxygen atoms in total. The first kappa shape index (κ1) is 19.4. The number of hydrogen-bond acceptors (Lipinski definition) is 5. The molecule has 0 saturated carbocycles. The van der Waals surface area contributed by atoms with Crippen molar-refractivity contribution in [2.75, 3.05) is 39.8 Å². The summed E-state index contributed by atoms with van der Waals surface area (Å²) in [4.78, 5) is 2.66. The average molecular weight is 378 g/mol. The van der Waals surface area contributed by atoms with Gasteiger partial charge in [-0.1, -0.05) is 25.5 Å². The Balaban J connectivity index is 1.89. The van der Waals surface area contributed by atoms with Gasteiger partial charge in [0.25, 0.3) is 0 Å². The predicted molar refractivity (Wildman–Crippen MR) is 111 cm³/mol. The maximum Gasteiger partial charge on any atom is 0.0466 e. The normalized spacial score (nSPS) is 22.5. The van der Waals surface area contributed by atoms with E-state index in [1.165, 1.54) is 52.7 Å². The summed E-state index contributed by atoms with van der Waals surface area (Å²) >= 11 is 8.35. The van der Waals surface area contributed by atoms with E-state index in [-0.39, 0.29) is 0 Å². The SMILES string of the molecule is CC(C)(CC=C1CSCCSC1)CC(C)(C)N1CSCSC1. The Hall–Kier alpha value is 1.10. The zero-order valence-corrected chi connectivity index (χ0v) is 17.8. The minimum atomic E-state index is 0.301. The zero-order valence-electron chi connectivity index (χ0n) is 14.5. The van der Waals surface area contributed by atoms with Crippen LogP contribution in [0.15, 0.2) is 11.6 Å². The fourth-order valence-corrected chi connectivity index (χ4v) is 8.03. The van der Waals surface area contributed by atoms with Gasteiger partial charge < -0.3 is 0 Å². The first-order valence-corrected chi connectivity index (χ1v) is 12.7. The van der Waals surface area contributed by atoms with Gasteiger partial charge in [0.1, 0.15) is 0 Å². The van der Waals surface area contributed by atoms with E-state index < -0.39 is 0 Å². The predicted octanol–water partition coefficient (Wildman–Crippen LogP) is 5.63. The van der Waals surface area contributed by atoms with Crippen molar-refractivity contribution in [2.24, 2.45) is 5.41 Å². The summed E-state index contributed by atoms with van der Waals surface area (Å²) in [5.41, 5.74) is 2.35. The van der Waals surface area contributed by atoms with Gasteiger partial charge in [-0.3, -0.25) is 4.90 Å². The number of allylic oxidation sites excluding steroid dienone is 1. The minimum absolute atomic E-state index is 0.301. The molecule has 0 unspecified atom stereocenters. The third-order valence-corrected chi connectivity index (χ3v) is 9.03. The molecule has 2 aliphatic rings. The second-order valence-electron chi connectivity index (χ2n) is 7.65. The van der Waals surface area contributed by atoms with Gasteiger partial charge in [-0.05, 0) is 32.1 Å². The largest absolute Gasteiger partial charge is 0.280 e. The second kappa shape index (κ2) is 8.98. The molecule has 22 heavy (non-hydrogen) atoms. The summed E-state index contributed by atoms with van der Waals surface area (Å²) < 4.78 is 0. The fraction of sp³-hybridized carbons (Fsp3) is 0.882. The molecule has 0 amide bonds. The maximum absolute atomic E-state index is 2.66. The standard InChI is InChI=1S/C17H31NS4/c1-16(2,6-5-15-9-19-7-8-20-10-15)11-17(3,4)18-12-21-14-22-13-18/h5H,6-14H2,1-4H3. The smallest absolute Gasteiger partial charge is 0.0466 e. The van der Waals surface area contributed by atoms with Crippen LogP contribution < -0.4 is 0 Å². The number of rotatable bonds is 5. The van der Waals surface area contributed by atoms with Gasteiger partial charge in [0.2, 0.25) is 0 Å². The Kier molecular flexibility index (Phi) is 7.93. The van der Waals surface area contributed by atoms with Crippen LogP contribution >= 0.6 is 47.0 Å². The number of hydrogen-bond donors (Lipinski definition) is 0. The summed E-state index contributed by atoms with van der Waals surface area (Å²) in [6, 6.07) is 0. The first-order valence-electron chi connectivity index (χ1n) is 8.13. The van der Waals surface area contributed by atoms with Gasteiger partial charge in [0, 0.05) is 45.4 Å². The van der Waals surface area contributed by atoms with Gasteiger partial charge in [0.15, 0.2) is 0 Å². The first-order chi connectivity index (χ1) is 10.4. The van der Waals surface area contributed by atoms with Gasteiger partial charge in [-0.25, -0.2) is 0 Å². The molecule has 0 aliphatic carbocycles. The van der Waals surface area contributed by atoms with Crippen LogP contribution in [0.5, 0.6) is 0 Å². The Bertz CT molecular complexity index is 363. The zero-order chi connectivity index (χ0) is 16.1. The van der Waals surface area contributed by atoms with Crippen molar-refractivity contribution < 1.29 is 0 Å². The van der Waals surface area contributed by atoms with Crippen molar-refractivity contribution in [3.8, 4) is 0 Å². The summed E-state index contributed by atoms with van der Waals surface area (Å²) in [5.74, 6) is 7.55. The topological polar surface area (TPSA) is 3.24 Å². The maximum atomic E-state index is 2.66. The van der Waals surface area contributed by atoms with Crippen LogP contribution in [0.4, 0.5) is 0 Å². The fourth-order valence-electron chi connectivity index (χ4n) is 3.20. The monoisotopic (exact) mass is 377 g/mol. The van der Waals surface area contributed by atoms with Crippen molar-refractivity contribution in [1.29, 1.82) is 0 Å². The van der Waals surface area contributed by atoms with E-state index in [2.05, 4.69) is 85.7 Å². The van der Waals surface area contributed by atoms with E-state index in [0.717, 1.165) is 0 Å². The highest BCUT2D eigenvalue weighted by Crippen LogP contribution is 2.38. The third kappa shape index (κ3) is 6.54. The summed E-state index contributed by atoms with van der Waals surface area (Å²) in [7, 11) is 0. The second-order valence-corrected chi connectivity index (χ2v) is 12.1. The highest BCUT2D eigenvalue weighted by atomic mass is 32.2. The van der Waals surface area contributed by atoms with Crippen LogP contribution in [0.1, 0.15) is 40.5 Å². The summed E-state index contributed by atoms with van der Waals surface area (Å²) in [6.45, 7) is 9.78. The highest BCUT2D eigenvalue weighted by molar-refractivity contribution is 8.16. The van der Waals surface area contributed by atoms with Crippen LogP contribution in [0.25, 0.3) is 0 Å². The molecule has 0 atom stereocenters. The van der Waals surface area contributed by atoms with E-state index in [9.17, 15) is 0 Å². The number of nitrogens with zero attached hydrogens (tertiary/aromatic N) is 1. The van der Waals surface area contributed by atoms with Gasteiger partial charge in [-0.2, -0.15) is 23.5 Å². The molecule has 2 saturated heterocycles. The molecule has 0 N–H and O–H groups in total. The Morgan fingerprint density at radius 3 is 2.14 bits per heavy atom. The highest BCUT2D eigenvalue weighted by Gasteiger charge is 2.34. The van der Waals surface area contributed by atoms with Gasteiger partial charge in [0.05, 0.1) is 0 Å². The van der Waals surface area contributed by atoms with Crippen LogP contribution in [0.2, 0.25) is 0 Å². The molecule has 5 heteroatoms. The molecule has 2 aliphatic heterocycles. The van der Waals surface area contributed by atoms with Crippen LogP contribution in [0.3, 0.4) is 0 Å². The summed E-state index contributed by atoms with van der Waals surface area (Å²) in [6.07, 6.45) is 5.05. The number of thioether (sulfide) groups is 4. The van der Waals surface area contributed by atoms with Crippen molar-refractivity contribution in [1.82, 2.24) is 4.90 Å². The van der Waals surface area contributed by atoms with E-state index >= 15 is 0 Å². The summed E-state index contributed by atoms with van der Waals surface area (Å²) in [5, 5.41) is 1.26. The lowest BCUT2D eigenvalue weighted by Gasteiger charge is -2.44. The molecule has 0 aromatic carbocycles. The van der Waals surface area contributed by atoms with Crippen molar-refractivity contribution in [2.45, 2.75) is 46.1 Å². The molecule has 2 rings (SSSR count). The molecule has 2 heterocycles. The molecule has 2 fully saturated rings. The van der Waals surface area contributed by atoms with Crippen LogP contribution in [0, 0.1) is 5.41 Å². The Morgan fingerprint density at radius 2 is 1.55 bits per heavy atom. The molecular formula is C17H31NS4. The molecule has 0 aromatic rings. The Morgan fingerprint density at radius 1 is 0.955 bits per heavy atom. The molecule has 128 valence electrons. The lowest BCUT2D eigenvalue weighted by atomic mass is 9.77. The molecule has 0 bridgehead atoms. The molecule has 0 spiro atoms. The molecule has 0 aromatic heterocycles. The van der Waals surface area contributed by atoms with E-state index in [4.69, 9.17) is 0 Å². The van der Waals surface area contributed by atoms with Gasteiger partial charge >= 0.3 is 0 Å². The van der Waals surface area contributed by atoms with Crippen molar-refractivity contribution in [3.63, 3.8) is 0 Å². The Labute approximate surface area is 154 Å². The van der Waals surface area contributed by atoms with E-state index in [1.807, 2.05) is 0 Å². The van der Waals surface area contributed by atoms with Crippen molar-refractivity contribution in [3.05, 3.63) is 11.6 Å². The lowest BCUT2D eigenvalue weighted by Crippen LogP contribution is -2.47. The van der Waals surface area contributed by atoms with Crippen LogP contribution in [-0.4, -0.2) is 50.3 Å². The lowest BCUT2D eigenvalue weighted by molar-refractivity contribution is 0.110. The quantitative estimate of drug-likeness (QED) is 0.569. The van der Waals surface area contributed by atoms with Gasteiger partial charge in [-0.15, -0.1) is 23.5 Å². The van der Waals surface area contributed by atoms with E-state index in [1.54, 1.807) is 5.57 Å². The average Bonchev–Trinajstić information content (AvgIpc) is 2.74. The minimum Gasteiger partial charge on any atom is -0.280 e. The van der Waals surface area contributed by atoms with Crippen molar-refractivity contribution >= 4 is 47.0 Å². The van der Waals surface area contributed by atoms with E-state index in [0.29, 0.717) is 11.0 Å². The third-order valence-electron chi connectivity index (χ3n) is 4.32.